The van der Waals surface area contributed by atoms with Gasteiger partial charge in [0.2, 0.25) is 5.91 Å². The number of carbonyl (C=O) groups excluding carboxylic acids is 1. The monoisotopic (exact) mass is 314 g/mol. The number of likely N-dealkylation sites (tertiary alicyclic amines) is 1. The molecule has 0 spiro atoms. The highest BCUT2D eigenvalue weighted by Crippen LogP contribution is 2.26. The van der Waals surface area contributed by atoms with Crippen LogP contribution in [0.3, 0.4) is 0 Å². The van der Waals surface area contributed by atoms with Crippen LogP contribution in [0.15, 0.2) is 52.2 Å². The molecule has 23 heavy (non-hydrogen) atoms. The molecule has 0 aliphatic carbocycles. The second-order valence-corrected chi connectivity index (χ2v) is 5.72. The van der Waals surface area contributed by atoms with Gasteiger partial charge >= 0.3 is 5.69 Å². The summed E-state index contributed by atoms with van der Waals surface area (Å²) in [5.41, 5.74) is 6.21. The zero-order chi connectivity index (χ0) is 16.4. The quantitative estimate of drug-likeness (QED) is 0.796. The average Bonchev–Trinajstić information content (AvgIpc) is 2.93. The van der Waals surface area contributed by atoms with Crippen molar-refractivity contribution in [2.75, 3.05) is 13.1 Å². The zero-order valence-electron chi connectivity index (χ0n) is 12.5. The zero-order valence-corrected chi connectivity index (χ0v) is 12.5. The number of carbonyl (C=O) groups is 1. The lowest BCUT2D eigenvalue weighted by atomic mass is 9.95. The first kappa shape index (κ1) is 15.2. The summed E-state index contributed by atoms with van der Waals surface area (Å²) in [6, 6.07) is 10.9. The fourth-order valence-corrected chi connectivity index (χ4v) is 2.90. The molecule has 0 radical (unpaired) electrons. The molecule has 2 aromatic rings. The van der Waals surface area contributed by atoms with E-state index in [-0.39, 0.29) is 24.4 Å². The first-order chi connectivity index (χ1) is 11.0. The van der Waals surface area contributed by atoms with Crippen LogP contribution in [-0.2, 0) is 11.3 Å². The maximum absolute atomic E-state index is 12.4. The smallest absolute Gasteiger partial charge is 0.328 e. The number of nitrogens with two attached hydrogens (primary N) is 1. The maximum atomic E-state index is 12.4. The third kappa shape index (κ3) is 3.24. The first-order valence-electron chi connectivity index (χ1n) is 7.42. The molecule has 120 valence electrons. The molecular weight excluding hydrogens is 296 g/mol. The van der Waals surface area contributed by atoms with Gasteiger partial charge in [0.15, 0.2) is 0 Å². The number of aromatic nitrogens is 2. The van der Waals surface area contributed by atoms with Crippen molar-refractivity contribution in [3.05, 3.63) is 69.0 Å². The fraction of sp³-hybridized carbons (Fsp3) is 0.312. The molecule has 1 aliphatic rings. The Labute approximate surface area is 132 Å². The average molecular weight is 314 g/mol. The lowest BCUT2D eigenvalue weighted by Gasteiger charge is -2.17. The van der Waals surface area contributed by atoms with Crippen molar-refractivity contribution in [2.24, 2.45) is 5.73 Å². The van der Waals surface area contributed by atoms with E-state index in [4.69, 9.17) is 5.73 Å². The van der Waals surface area contributed by atoms with E-state index in [2.05, 4.69) is 4.98 Å². The normalized spacial score (nSPS) is 20.7. The Kier molecular flexibility index (Phi) is 4.12. The Bertz CT molecular complexity index is 812. The van der Waals surface area contributed by atoms with Gasteiger partial charge in [0.1, 0.15) is 6.54 Å². The van der Waals surface area contributed by atoms with Crippen molar-refractivity contribution in [1.29, 1.82) is 0 Å². The van der Waals surface area contributed by atoms with Crippen LogP contribution in [0.1, 0.15) is 11.5 Å². The lowest BCUT2D eigenvalue weighted by molar-refractivity contribution is -0.130. The van der Waals surface area contributed by atoms with E-state index >= 15 is 0 Å². The summed E-state index contributed by atoms with van der Waals surface area (Å²) in [5.74, 6) is -0.0968. The van der Waals surface area contributed by atoms with E-state index in [1.54, 1.807) is 4.90 Å². The molecule has 7 nitrogen and oxygen atoms in total. The van der Waals surface area contributed by atoms with Gasteiger partial charge in [0, 0.05) is 37.3 Å². The van der Waals surface area contributed by atoms with Gasteiger partial charge in [-0.15, -0.1) is 0 Å². The highest BCUT2D eigenvalue weighted by molar-refractivity contribution is 5.76. The van der Waals surface area contributed by atoms with Gasteiger partial charge in [-0.2, -0.15) is 0 Å². The van der Waals surface area contributed by atoms with E-state index in [0.717, 1.165) is 5.56 Å². The van der Waals surface area contributed by atoms with Gasteiger partial charge in [-0.1, -0.05) is 30.3 Å². The first-order valence-corrected chi connectivity index (χ1v) is 7.42. The third-order valence-corrected chi connectivity index (χ3v) is 4.15. The number of aromatic amines is 1. The number of rotatable bonds is 3. The van der Waals surface area contributed by atoms with E-state index in [0.29, 0.717) is 13.1 Å². The van der Waals surface area contributed by atoms with Crippen LogP contribution in [0, 0.1) is 0 Å². The van der Waals surface area contributed by atoms with Crippen molar-refractivity contribution in [3.63, 3.8) is 0 Å². The Morgan fingerprint density at radius 2 is 1.91 bits per heavy atom. The maximum Gasteiger partial charge on any atom is 0.328 e. The summed E-state index contributed by atoms with van der Waals surface area (Å²) in [7, 11) is 0. The molecule has 2 heterocycles. The molecule has 1 fully saturated rings. The van der Waals surface area contributed by atoms with Crippen LogP contribution < -0.4 is 17.0 Å². The molecule has 1 aliphatic heterocycles. The molecule has 0 bridgehead atoms. The summed E-state index contributed by atoms with van der Waals surface area (Å²) in [4.78, 5) is 38.9. The molecule has 1 saturated heterocycles. The number of benzene rings is 1. The highest BCUT2D eigenvalue weighted by Gasteiger charge is 2.33. The van der Waals surface area contributed by atoms with Crippen LogP contribution in [0.2, 0.25) is 0 Å². The second kappa shape index (κ2) is 6.21. The van der Waals surface area contributed by atoms with Crippen molar-refractivity contribution >= 4 is 5.91 Å². The van der Waals surface area contributed by atoms with Gasteiger partial charge in [0.25, 0.3) is 5.56 Å². The van der Waals surface area contributed by atoms with E-state index in [9.17, 15) is 14.4 Å². The molecule has 2 atom stereocenters. The van der Waals surface area contributed by atoms with E-state index in [1.807, 2.05) is 30.3 Å². The minimum absolute atomic E-state index is 0.0902. The number of nitrogens with one attached hydrogen (secondary N) is 1. The molecule has 0 saturated carbocycles. The molecular formula is C16H18N4O3. The van der Waals surface area contributed by atoms with Crippen LogP contribution in [0.4, 0.5) is 0 Å². The molecule has 1 aromatic carbocycles. The number of hydrogen-bond acceptors (Lipinski definition) is 4. The fourth-order valence-electron chi connectivity index (χ4n) is 2.90. The predicted octanol–water partition coefficient (Wildman–Crippen LogP) is -0.510. The molecule has 3 N–H and O–H groups in total. The Hall–Kier alpha value is -2.67. The van der Waals surface area contributed by atoms with Crippen molar-refractivity contribution in [3.8, 4) is 0 Å². The van der Waals surface area contributed by atoms with Gasteiger partial charge in [-0.25, -0.2) is 4.79 Å². The molecule has 1 aromatic heterocycles. The third-order valence-electron chi connectivity index (χ3n) is 4.15. The van der Waals surface area contributed by atoms with Gasteiger partial charge in [-0.05, 0) is 5.56 Å². The Morgan fingerprint density at radius 3 is 2.61 bits per heavy atom. The molecule has 0 unspecified atom stereocenters. The van der Waals surface area contributed by atoms with Crippen molar-refractivity contribution in [2.45, 2.75) is 18.5 Å². The predicted molar refractivity (Wildman–Crippen MR) is 85.1 cm³/mol. The highest BCUT2D eigenvalue weighted by atomic mass is 16.2. The molecule has 7 heteroatoms. The topological polar surface area (TPSA) is 101 Å². The minimum Gasteiger partial charge on any atom is -0.339 e. The number of H-pyrrole nitrogens is 1. The number of hydrogen-bond donors (Lipinski definition) is 2. The second-order valence-electron chi connectivity index (χ2n) is 5.72. The number of nitrogens with zero attached hydrogens (tertiary/aromatic N) is 2. The summed E-state index contributed by atoms with van der Waals surface area (Å²) < 4.78 is 1.19. The van der Waals surface area contributed by atoms with Gasteiger partial charge in [0.05, 0.1) is 0 Å². The van der Waals surface area contributed by atoms with E-state index in [1.165, 1.54) is 16.8 Å². The minimum atomic E-state index is -0.589. The van der Waals surface area contributed by atoms with E-state index < -0.39 is 11.2 Å². The van der Waals surface area contributed by atoms with Crippen LogP contribution in [0.25, 0.3) is 0 Å². The standard InChI is InChI=1S/C16H18N4O3/c17-13-9-20(8-12(13)11-4-2-1-3-5-11)15(22)10-19-7-6-14(21)18-16(19)23/h1-7,12-13H,8-10,17H2,(H,18,21,23)/t12-,13+/m0/s1. The number of amides is 1. The van der Waals surface area contributed by atoms with Crippen LogP contribution in [0.5, 0.6) is 0 Å². The van der Waals surface area contributed by atoms with Crippen molar-refractivity contribution < 1.29 is 4.79 Å². The summed E-state index contributed by atoms with van der Waals surface area (Å²) in [6.45, 7) is 0.877. The SMILES string of the molecule is N[C@@H]1CN(C(=O)Cn2ccc(=O)[nH]c2=O)C[C@H]1c1ccccc1. The lowest BCUT2D eigenvalue weighted by Crippen LogP contribution is -2.38. The largest absolute Gasteiger partial charge is 0.339 e. The summed E-state index contributed by atoms with van der Waals surface area (Å²) >= 11 is 0. The summed E-state index contributed by atoms with van der Waals surface area (Å²) in [6.07, 6.45) is 1.32. The van der Waals surface area contributed by atoms with Crippen molar-refractivity contribution in [1.82, 2.24) is 14.5 Å². The van der Waals surface area contributed by atoms with Gasteiger partial charge in [-0.3, -0.25) is 19.1 Å². The summed E-state index contributed by atoms with van der Waals surface area (Å²) in [5, 5.41) is 0. The molecule has 1 amide bonds. The Balaban J connectivity index is 1.72. The molecule has 3 rings (SSSR count). The van der Waals surface area contributed by atoms with Gasteiger partial charge < -0.3 is 10.6 Å². The Morgan fingerprint density at radius 1 is 1.17 bits per heavy atom. The van der Waals surface area contributed by atoms with Crippen LogP contribution >= 0.6 is 0 Å². The van der Waals surface area contributed by atoms with Crippen LogP contribution in [-0.4, -0.2) is 39.5 Å².